The maximum Gasteiger partial charge on any atom is 0.240 e. The first-order valence-corrected chi connectivity index (χ1v) is 10.2. The van der Waals surface area contributed by atoms with Crippen LogP contribution in [0.3, 0.4) is 0 Å². The molecule has 0 unspecified atom stereocenters. The van der Waals surface area contributed by atoms with Crippen LogP contribution in [-0.2, 0) is 14.8 Å². The fraction of sp³-hybridized carbons (Fsp3) is 0.316. The molecule has 0 saturated heterocycles. The quantitative estimate of drug-likeness (QED) is 0.687. The molecule has 0 spiro atoms. The second kappa shape index (κ2) is 9.48. The molecule has 0 radical (unpaired) electrons. The van der Waals surface area contributed by atoms with Gasteiger partial charge in [-0.05, 0) is 62.4 Å². The number of sulfonamides is 1. The van der Waals surface area contributed by atoms with Gasteiger partial charge in [-0.25, -0.2) is 17.5 Å². The van der Waals surface area contributed by atoms with Gasteiger partial charge >= 0.3 is 0 Å². The van der Waals surface area contributed by atoms with Crippen LogP contribution in [0.1, 0.15) is 20.3 Å². The highest BCUT2D eigenvalue weighted by atomic mass is 32.2. The Morgan fingerprint density at radius 1 is 1.00 bits per heavy atom. The standard InChI is InChI=1S/C19H24FN3O3S/c1-3-23(4-2)17-9-7-16(8-10-17)22-19(24)13-14-21-27(25,26)18-11-5-15(20)6-12-18/h5-12,21H,3-4,13-14H2,1-2H3,(H,22,24). The molecule has 1 amide bonds. The summed E-state index contributed by atoms with van der Waals surface area (Å²) >= 11 is 0. The van der Waals surface area contributed by atoms with Crippen molar-refractivity contribution in [2.45, 2.75) is 25.2 Å². The van der Waals surface area contributed by atoms with E-state index in [2.05, 4.69) is 28.8 Å². The van der Waals surface area contributed by atoms with Crippen molar-refractivity contribution in [2.75, 3.05) is 29.9 Å². The van der Waals surface area contributed by atoms with Crippen LogP contribution in [-0.4, -0.2) is 34.0 Å². The fourth-order valence-electron chi connectivity index (χ4n) is 2.56. The fourth-order valence-corrected chi connectivity index (χ4v) is 3.60. The molecule has 0 fully saturated rings. The first-order chi connectivity index (χ1) is 12.9. The number of nitrogens with zero attached hydrogens (tertiary/aromatic N) is 1. The monoisotopic (exact) mass is 393 g/mol. The molecule has 146 valence electrons. The van der Waals surface area contributed by atoms with Crippen LogP contribution in [0.5, 0.6) is 0 Å². The van der Waals surface area contributed by atoms with E-state index in [1.165, 1.54) is 12.1 Å². The third kappa shape index (κ3) is 6.04. The van der Waals surface area contributed by atoms with Gasteiger partial charge in [0.15, 0.2) is 0 Å². The third-order valence-electron chi connectivity index (χ3n) is 4.05. The Bertz CT molecular complexity index is 849. The van der Waals surface area contributed by atoms with Gasteiger partial charge < -0.3 is 10.2 Å². The number of benzene rings is 2. The Hall–Kier alpha value is -2.45. The van der Waals surface area contributed by atoms with Gasteiger partial charge in [0.1, 0.15) is 5.82 Å². The summed E-state index contributed by atoms with van der Waals surface area (Å²) in [5.41, 5.74) is 1.72. The summed E-state index contributed by atoms with van der Waals surface area (Å²) in [4.78, 5) is 14.1. The number of anilines is 2. The average molecular weight is 393 g/mol. The predicted molar refractivity (Wildman–Crippen MR) is 105 cm³/mol. The number of amides is 1. The van der Waals surface area contributed by atoms with Crippen molar-refractivity contribution >= 4 is 27.3 Å². The summed E-state index contributed by atoms with van der Waals surface area (Å²) in [6, 6.07) is 12.0. The molecule has 2 rings (SSSR count). The van der Waals surface area contributed by atoms with E-state index in [4.69, 9.17) is 0 Å². The van der Waals surface area contributed by atoms with Gasteiger partial charge in [-0.1, -0.05) is 0 Å². The molecule has 6 nitrogen and oxygen atoms in total. The zero-order valence-electron chi connectivity index (χ0n) is 15.4. The zero-order valence-corrected chi connectivity index (χ0v) is 16.2. The predicted octanol–water partition coefficient (Wildman–Crippen LogP) is 2.98. The molecule has 0 aromatic heterocycles. The van der Waals surface area contributed by atoms with Gasteiger partial charge in [-0.15, -0.1) is 0 Å². The molecule has 27 heavy (non-hydrogen) atoms. The van der Waals surface area contributed by atoms with Gasteiger partial charge in [-0.3, -0.25) is 4.79 Å². The first-order valence-electron chi connectivity index (χ1n) is 8.75. The van der Waals surface area contributed by atoms with Crippen molar-refractivity contribution in [3.63, 3.8) is 0 Å². The molecule has 0 heterocycles. The molecular weight excluding hydrogens is 369 g/mol. The number of hydrogen-bond donors (Lipinski definition) is 2. The maximum absolute atomic E-state index is 12.9. The number of nitrogens with one attached hydrogen (secondary N) is 2. The molecule has 0 saturated carbocycles. The molecule has 0 aliphatic heterocycles. The van der Waals surface area contributed by atoms with Crippen LogP contribution in [0.4, 0.5) is 15.8 Å². The van der Waals surface area contributed by atoms with Crippen molar-refractivity contribution in [2.24, 2.45) is 0 Å². The minimum absolute atomic E-state index is 0.0157. The molecule has 0 aliphatic carbocycles. The van der Waals surface area contributed by atoms with Crippen molar-refractivity contribution < 1.29 is 17.6 Å². The van der Waals surface area contributed by atoms with E-state index < -0.39 is 15.8 Å². The first kappa shape index (κ1) is 20.9. The van der Waals surface area contributed by atoms with Crippen molar-refractivity contribution in [1.82, 2.24) is 4.72 Å². The van der Waals surface area contributed by atoms with Crippen LogP contribution >= 0.6 is 0 Å². The Kier molecular flexibility index (Phi) is 7.32. The molecule has 0 atom stereocenters. The van der Waals surface area contributed by atoms with Gasteiger partial charge in [-0.2, -0.15) is 0 Å². The second-order valence-electron chi connectivity index (χ2n) is 5.87. The van der Waals surface area contributed by atoms with Gasteiger partial charge in [0.05, 0.1) is 4.90 Å². The zero-order chi connectivity index (χ0) is 19.9. The summed E-state index contributed by atoms with van der Waals surface area (Å²) in [6.45, 7) is 5.90. The maximum atomic E-state index is 12.9. The van der Waals surface area contributed by atoms with Gasteiger partial charge in [0.2, 0.25) is 15.9 Å². The van der Waals surface area contributed by atoms with E-state index >= 15 is 0 Å². The molecular formula is C19H24FN3O3S. The summed E-state index contributed by atoms with van der Waals surface area (Å²) in [7, 11) is -3.77. The molecule has 0 aliphatic rings. The Balaban J connectivity index is 1.84. The number of hydrogen-bond acceptors (Lipinski definition) is 4. The lowest BCUT2D eigenvalue weighted by molar-refractivity contribution is -0.116. The summed E-state index contributed by atoms with van der Waals surface area (Å²) in [5.74, 6) is -0.812. The average Bonchev–Trinajstić information content (AvgIpc) is 2.64. The highest BCUT2D eigenvalue weighted by Gasteiger charge is 2.14. The van der Waals surface area contributed by atoms with Crippen LogP contribution in [0, 0.1) is 5.82 Å². The van der Waals surface area contributed by atoms with Crippen LogP contribution in [0.2, 0.25) is 0 Å². The topological polar surface area (TPSA) is 78.5 Å². The Labute approximate surface area is 159 Å². The highest BCUT2D eigenvalue weighted by molar-refractivity contribution is 7.89. The number of carbonyl (C=O) groups is 1. The number of carbonyl (C=O) groups excluding carboxylic acids is 1. The van der Waals surface area contributed by atoms with Crippen LogP contribution in [0.25, 0.3) is 0 Å². The van der Waals surface area contributed by atoms with Gasteiger partial charge in [0.25, 0.3) is 0 Å². The van der Waals surface area contributed by atoms with E-state index in [9.17, 15) is 17.6 Å². The number of rotatable bonds is 9. The second-order valence-corrected chi connectivity index (χ2v) is 7.64. The molecule has 2 N–H and O–H groups in total. The largest absolute Gasteiger partial charge is 0.372 e. The lowest BCUT2D eigenvalue weighted by Gasteiger charge is -2.21. The molecule has 8 heteroatoms. The van der Waals surface area contributed by atoms with E-state index in [-0.39, 0.29) is 23.8 Å². The minimum atomic E-state index is -3.77. The van der Waals surface area contributed by atoms with E-state index in [1.54, 1.807) is 0 Å². The van der Waals surface area contributed by atoms with Crippen molar-refractivity contribution in [3.05, 3.63) is 54.3 Å². The molecule has 0 bridgehead atoms. The summed E-state index contributed by atoms with van der Waals surface area (Å²) in [6.07, 6.45) is -0.0157. The van der Waals surface area contributed by atoms with Crippen LogP contribution in [0.15, 0.2) is 53.4 Å². The lowest BCUT2D eigenvalue weighted by atomic mass is 10.2. The summed E-state index contributed by atoms with van der Waals surface area (Å²) < 4.78 is 39.4. The SMILES string of the molecule is CCN(CC)c1ccc(NC(=O)CCNS(=O)(=O)c2ccc(F)cc2)cc1. The van der Waals surface area contributed by atoms with Crippen LogP contribution < -0.4 is 14.9 Å². The molecule has 2 aromatic carbocycles. The van der Waals surface area contributed by atoms with Gasteiger partial charge in [0, 0.05) is 37.4 Å². The minimum Gasteiger partial charge on any atom is -0.372 e. The van der Waals surface area contributed by atoms with Crippen molar-refractivity contribution in [3.8, 4) is 0 Å². The smallest absolute Gasteiger partial charge is 0.240 e. The Morgan fingerprint density at radius 3 is 2.15 bits per heavy atom. The third-order valence-corrected chi connectivity index (χ3v) is 5.52. The number of halogens is 1. The van der Waals surface area contributed by atoms with E-state index in [0.717, 1.165) is 30.9 Å². The van der Waals surface area contributed by atoms with Crippen molar-refractivity contribution in [1.29, 1.82) is 0 Å². The Morgan fingerprint density at radius 2 is 1.59 bits per heavy atom. The summed E-state index contributed by atoms with van der Waals surface area (Å²) in [5, 5.41) is 2.74. The normalized spacial score (nSPS) is 11.2. The lowest BCUT2D eigenvalue weighted by Crippen LogP contribution is -2.27. The van der Waals surface area contributed by atoms with E-state index in [0.29, 0.717) is 5.69 Å². The van der Waals surface area contributed by atoms with E-state index in [1.807, 2.05) is 24.3 Å². The molecule has 2 aromatic rings. The highest BCUT2D eigenvalue weighted by Crippen LogP contribution is 2.17.